The maximum absolute atomic E-state index is 9.98. The van der Waals surface area contributed by atoms with Gasteiger partial charge in [0.25, 0.3) is 0 Å². The van der Waals surface area contributed by atoms with E-state index in [0.717, 1.165) is 0 Å². The summed E-state index contributed by atoms with van der Waals surface area (Å²) in [5.41, 5.74) is 5.36. The Morgan fingerprint density at radius 2 is 2.33 bits per heavy atom. The van der Waals surface area contributed by atoms with Crippen LogP contribution in [0.3, 0.4) is 0 Å². The predicted molar refractivity (Wildman–Crippen MR) is 38.7 cm³/mol. The highest BCUT2D eigenvalue weighted by Gasteiger charge is 2.05. The van der Waals surface area contributed by atoms with Gasteiger partial charge >= 0.3 is 5.97 Å². The zero-order valence-electron chi connectivity index (χ0n) is 5.08. The minimum absolute atomic E-state index is 0.0422. The van der Waals surface area contributed by atoms with Crippen LogP contribution in [0.4, 0.5) is 0 Å². The van der Waals surface area contributed by atoms with E-state index >= 15 is 0 Å². The van der Waals surface area contributed by atoms with Crippen LogP contribution in [-0.2, 0) is 4.79 Å². The van der Waals surface area contributed by atoms with Crippen molar-refractivity contribution >= 4 is 18.6 Å². The molecule has 0 rings (SSSR count). The molecule has 0 saturated carbocycles. The van der Waals surface area contributed by atoms with Crippen LogP contribution >= 0.6 is 12.6 Å². The van der Waals surface area contributed by atoms with Crippen LogP contribution in [-0.4, -0.2) is 22.9 Å². The summed E-state index contributed by atoms with van der Waals surface area (Å²) in [6, 6.07) is -0.236. The third kappa shape index (κ3) is 5.65. The molecule has 0 aromatic carbocycles. The lowest BCUT2D eigenvalue weighted by molar-refractivity contribution is -0.137. The number of thiol groups is 1. The quantitative estimate of drug-likeness (QED) is 0.497. The summed E-state index contributed by atoms with van der Waals surface area (Å²) in [6.07, 6.45) is 0.704. The van der Waals surface area contributed by atoms with Crippen LogP contribution in [0.1, 0.15) is 12.8 Å². The number of carboxylic acid groups (broad SMARTS) is 1. The molecule has 4 heteroatoms. The van der Waals surface area contributed by atoms with Gasteiger partial charge in [-0.2, -0.15) is 12.6 Å². The van der Waals surface area contributed by atoms with Gasteiger partial charge in [-0.25, -0.2) is 0 Å². The maximum Gasteiger partial charge on any atom is 0.304 e. The summed E-state index contributed by atoms with van der Waals surface area (Å²) in [4.78, 5) is 9.98. The smallest absolute Gasteiger partial charge is 0.304 e. The van der Waals surface area contributed by atoms with Crippen molar-refractivity contribution < 1.29 is 9.90 Å². The fourth-order valence-corrected chi connectivity index (χ4v) is 0.824. The van der Waals surface area contributed by atoms with Crippen LogP contribution in [0, 0.1) is 0 Å². The van der Waals surface area contributed by atoms with Crippen molar-refractivity contribution in [1.29, 1.82) is 0 Å². The van der Waals surface area contributed by atoms with E-state index in [1.54, 1.807) is 0 Å². The first-order valence-electron chi connectivity index (χ1n) is 2.75. The van der Waals surface area contributed by atoms with E-state index in [1.165, 1.54) is 0 Å². The standard InChI is InChI=1S/C5H11NO2S/c6-4(1-2-9)3-5(7)8/h4,9H,1-3,6H2,(H,7,8)/t4-/m1/s1. The highest BCUT2D eigenvalue weighted by atomic mass is 32.1. The molecule has 3 nitrogen and oxygen atoms in total. The summed E-state index contributed by atoms with van der Waals surface area (Å²) in [6.45, 7) is 0. The molecule has 0 fully saturated rings. The average Bonchev–Trinajstić information content (AvgIpc) is 1.63. The molecule has 0 saturated heterocycles. The number of rotatable bonds is 4. The minimum Gasteiger partial charge on any atom is -0.481 e. The summed E-state index contributed by atoms with van der Waals surface area (Å²) >= 11 is 3.91. The molecule has 54 valence electrons. The lowest BCUT2D eigenvalue weighted by atomic mass is 10.2. The molecule has 0 aromatic heterocycles. The van der Waals surface area contributed by atoms with Crippen molar-refractivity contribution in [1.82, 2.24) is 0 Å². The van der Waals surface area contributed by atoms with Crippen LogP contribution in [0.2, 0.25) is 0 Å². The molecule has 0 unspecified atom stereocenters. The Morgan fingerprint density at radius 3 is 2.67 bits per heavy atom. The number of hydrogen-bond donors (Lipinski definition) is 3. The molecule has 0 radical (unpaired) electrons. The van der Waals surface area contributed by atoms with Crippen LogP contribution < -0.4 is 5.73 Å². The van der Waals surface area contributed by atoms with Gasteiger partial charge in [0.1, 0.15) is 0 Å². The van der Waals surface area contributed by atoms with Crippen molar-refractivity contribution in [2.24, 2.45) is 5.73 Å². The highest BCUT2D eigenvalue weighted by molar-refractivity contribution is 7.80. The molecular formula is C5H11NO2S. The van der Waals surface area contributed by atoms with Gasteiger partial charge in [0.15, 0.2) is 0 Å². The van der Waals surface area contributed by atoms with Gasteiger partial charge in [-0.15, -0.1) is 0 Å². The molecule has 0 aliphatic carbocycles. The van der Waals surface area contributed by atoms with E-state index < -0.39 is 5.97 Å². The number of aliphatic carboxylic acids is 1. The van der Waals surface area contributed by atoms with Gasteiger partial charge in [0.05, 0.1) is 6.42 Å². The van der Waals surface area contributed by atoms with Gasteiger partial charge in [0.2, 0.25) is 0 Å². The normalized spacial score (nSPS) is 13.1. The molecule has 0 aromatic rings. The second-order valence-electron chi connectivity index (χ2n) is 1.87. The van der Waals surface area contributed by atoms with Gasteiger partial charge in [-0.3, -0.25) is 4.79 Å². The zero-order chi connectivity index (χ0) is 7.28. The van der Waals surface area contributed by atoms with Crippen molar-refractivity contribution in [3.05, 3.63) is 0 Å². The van der Waals surface area contributed by atoms with E-state index in [9.17, 15) is 4.79 Å². The molecule has 0 amide bonds. The fraction of sp³-hybridized carbons (Fsp3) is 0.800. The van der Waals surface area contributed by atoms with Gasteiger partial charge in [0, 0.05) is 6.04 Å². The molecule has 9 heavy (non-hydrogen) atoms. The minimum atomic E-state index is -0.843. The van der Waals surface area contributed by atoms with Gasteiger partial charge in [-0.1, -0.05) is 0 Å². The first-order valence-corrected chi connectivity index (χ1v) is 3.38. The molecule has 3 N–H and O–H groups in total. The molecule has 0 bridgehead atoms. The SMILES string of the molecule is N[C@H](CCS)CC(=O)O. The second kappa shape index (κ2) is 4.64. The first kappa shape index (κ1) is 8.78. The number of carbonyl (C=O) groups is 1. The maximum atomic E-state index is 9.98. The van der Waals surface area contributed by atoms with Crippen molar-refractivity contribution in [2.75, 3.05) is 5.75 Å². The van der Waals surface area contributed by atoms with Gasteiger partial charge in [-0.05, 0) is 12.2 Å². The molecule has 1 atom stereocenters. The number of carboxylic acids is 1. The highest BCUT2D eigenvalue weighted by Crippen LogP contribution is 1.95. The summed E-state index contributed by atoms with van der Waals surface area (Å²) < 4.78 is 0. The summed E-state index contributed by atoms with van der Waals surface area (Å²) in [5, 5.41) is 8.21. The van der Waals surface area contributed by atoms with Crippen molar-refractivity contribution in [3.63, 3.8) is 0 Å². The van der Waals surface area contributed by atoms with Gasteiger partial charge < -0.3 is 10.8 Å². The molecule has 0 aliphatic rings. The lowest BCUT2D eigenvalue weighted by Gasteiger charge is -2.04. The molecule has 0 heterocycles. The zero-order valence-corrected chi connectivity index (χ0v) is 5.97. The van der Waals surface area contributed by atoms with Crippen LogP contribution in [0.15, 0.2) is 0 Å². The summed E-state index contributed by atoms with van der Waals surface area (Å²) in [7, 11) is 0. The monoisotopic (exact) mass is 149 g/mol. The lowest BCUT2D eigenvalue weighted by Crippen LogP contribution is -2.23. The Bertz CT molecular complexity index is 97.0. The fourth-order valence-electron chi connectivity index (χ4n) is 0.492. The number of hydrogen-bond acceptors (Lipinski definition) is 3. The van der Waals surface area contributed by atoms with Crippen molar-refractivity contribution in [2.45, 2.75) is 18.9 Å². The number of nitrogens with two attached hydrogens (primary N) is 1. The third-order valence-electron chi connectivity index (χ3n) is 0.937. The first-order chi connectivity index (χ1) is 4.16. The van der Waals surface area contributed by atoms with E-state index in [1.807, 2.05) is 0 Å². The van der Waals surface area contributed by atoms with Crippen molar-refractivity contribution in [3.8, 4) is 0 Å². The Labute approximate surface area is 59.6 Å². The Hall–Kier alpha value is -0.220. The Kier molecular flexibility index (Phi) is 4.53. The van der Waals surface area contributed by atoms with E-state index in [4.69, 9.17) is 10.8 Å². The van der Waals surface area contributed by atoms with Crippen LogP contribution in [0.5, 0.6) is 0 Å². The largest absolute Gasteiger partial charge is 0.481 e. The van der Waals surface area contributed by atoms with E-state index in [-0.39, 0.29) is 12.5 Å². The second-order valence-corrected chi connectivity index (χ2v) is 2.32. The van der Waals surface area contributed by atoms with E-state index in [0.29, 0.717) is 12.2 Å². The molecule has 0 spiro atoms. The molecular weight excluding hydrogens is 138 g/mol. The summed E-state index contributed by atoms with van der Waals surface area (Å²) in [5.74, 6) is -0.196. The Morgan fingerprint density at radius 1 is 1.78 bits per heavy atom. The Balaban J connectivity index is 3.26. The van der Waals surface area contributed by atoms with E-state index in [2.05, 4.69) is 12.6 Å². The average molecular weight is 149 g/mol. The molecule has 0 aliphatic heterocycles. The van der Waals surface area contributed by atoms with Crippen LogP contribution in [0.25, 0.3) is 0 Å². The topological polar surface area (TPSA) is 63.3 Å². The predicted octanol–water partition coefficient (Wildman–Crippen LogP) is 0.108. The third-order valence-corrected chi connectivity index (χ3v) is 1.19.